The van der Waals surface area contributed by atoms with E-state index in [1.807, 2.05) is 12.1 Å². The van der Waals surface area contributed by atoms with Crippen molar-refractivity contribution in [2.45, 2.75) is 26.9 Å². The number of nitrogens with zero attached hydrogens (tertiary/aromatic N) is 1. The summed E-state index contributed by atoms with van der Waals surface area (Å²) in [5, 5.41) is 2.75. The second-order valence-electron chi connectivity index (χ2n) is 5.44. The molecule has 0 aromatic heterocycles. The van der Waals surface area contributed by atoms with Gasteiger partial charge in [0.15, 0.2) is 0 Å². The summed E-state index contributed by atoms with van der Waals surface area (Å²) in [4.78, 5) is 14.3. The van der Waals surface area contributed by atoms with Gasteiger partial charge in [-0.25, -0.2) is 4.39 Å². The van der Waals surface area contributed by atoms with E-state index in [0.717, 1.165) is 25.2 Å². The van der Waals surface area contributed by atoms with Gasteiger partial charge in [0, 0.05) is 13.1 Å². The fraction of sp³-hybridized carbons (Fsp3) is 0.316. The first-order chi connectivity index (χ1) is 11.1. The Balaban J connectivity index is 1.91. The summed E-state index contributed by atoms with van der Waals surface area (Å²) in [7, 11) is 0. The van der Waals surface area contributed by atoms with E-state index in [1.54, 1.807) is 12.1 Å². The van der Waals surface area contributed by atoms with Gasteiger partial charge in [-0.15, -0.1) is 0 Å². The van der Waals surface area contributed by atoms with Gasteiger partial charge in [0.1, 0.15) is 5.82 Å². The Morgan fingerprint density at radius 1 is 1.00 bits per heavy atom. The third-order valence-electron chi connectivity index (χ3n) is 3.90. The van der Waals surface area contributed by atoms with Crippen LogP contribution >= 0.6 is 0 Å². The lowest BCUT2D eigenvalue weighted by atomic mass is 10.1. The Morgan fingerprint density at radius 3 is 2.22 bits per heavy atom. The number of halogens is 1. The van der Waals surface area contributed by atoms with Crippen molar-refractivity contribution < 1.29 is 9.18 Å². The third kappa shape index (κ3) is 4.89. The monoisotopic (exact) mass is 314 g/mol. The van der Waals surface area contributed by atoms with Gasteiger partial charge < -0.3 is 5.32 Å². The third-order valence-corrected chi connectivity index (χ3v) is 3.90. The Hall–Kier alpha value is -2.20. The molecule has 4 heteroatoms. The van der Waals surface area contributed by atoms with Gasteiger partial charge in [0.2, 0.25) is 0 Å². The lowest BCUT2D eigenvalue weighted by Gasteiger charge is -2.18. The van der Waals surface area contributed by atoms with Crippen LogP contribution in [-0.4, -0.2) is 23.9 Å². The fourth-order valence-corrected chi connectivity index (χ4v) is 2.39. The van der Waals surface area contributed by atoms with Gasteiger partial charge in [-0.1, -0.05) is 50.2 Å². The van der Waals surface area contributed by atoms with Gasteiger partial charge >= 0.3 is 0 Å². The molecule has 2 aromatic rings. The van der Waals surface area contributed by atoms with E-state index in [9.17, 15) is 9.18 Å². The first kappa shape index (κ1) is 17.2. The van der Waals surface area contributed by atoms with Crippen LogP contribution in [0.25, 0.3) is 0 Å². The van der Waals surface area contributed by atoms with Gasteiger partial charge in [0.05, 0.1) is 5.56 Å². The van der Waals surface area contributed by atoms with Crippen molar-refractivity contribution in [3.05, 3.63) is 71.0 Å². The number of hydrogen-bond donors (Lipinski definition) is 1. The predicted octanol–water partition coefficient (Wildman–Crippen LogP) is 3.60. The van der Waals surface area contributed by atoms with Crippen molar-refractivity contribution in [3.63, 3.8) is 0 Å². The average Bonchev–Trinajstić information content (AvgIpc) is 2.59. The zero-order chi connectivity index (χ0) is 16.7. The smallest absolute Gasteiger partial charge is 0.254 e. The van der Waals surface area contributed by atoms with Gasteiger partial charge in [-0.3, -0.25) is 9.69 Å². The number of rotatable bonds is 7. The van der Waals surface area contributed by atoms with Crippen LogP contribution in [0.4, 0.5) is 4.39 Å². The Morgan fingerprint density at radius 2 is 1.61 bits per heavy atom. The van der Waals surface area contributed by atoms with Crippen molar-refractivity contribution in [3.8, 4) is 0 Å². The van der Waals surface area contributed by atoms with Crippen LogP contribution in [0.3, 0.4) is 0 Å². The van der Waals surface area contributed by atoms with Crippen molar-refractivity contribution in [2.24, 2.45) is 0 Å². The molecule has 3 nitrogen and oxygen atoms in total. The summed E-state index contributed by atoms with van der Waals surface area (Å²) in [6, 6.07) is 14.1. The molecule has 0 saturated heterocycles. The molecule has 1 amide bonds. The minimum absolute atomic E-state index is 0.0747. The molecular formula is C19H23FN2O. The molecule has 2 rings (SSSR count). The number of benzene rings is 2. The Bertz CT molecular complexity index is 636. The number of hydrogen-bond acceptors (Lipinski definition) is 2. The second-order valence-corrected chi connectivity index (χ2v) is 5.44. The summed E-state index contributed by atoms with van der Waals surface area (Å²) >= 11 is 0. The maximum Gasteiger partial charge on any atom is 0.254 e. The van der Waals surface area contributed by atoms with E-state index in [2.05, 4.69) is 36.2 Å². The van der Waals surface area contributed by atoms with Crippen LogP contribution in [0.5, 0.6) is 0 Å². The molecule has 0 saturated carbocycles. The number of carbonyl (C=O) groups excluding carboxylic acids is 1. The van der Waals surface area contributed by atoms with E-state index in [0.29, 0.717) is 6.54 Å². The molecule has 0 aliphatic carbocycles. The summed E-state index contributed by atoms with van der Waals surface area (Å²) in [6.45, 7) is 7.66. The molecule has 0 atom stereocenters. The minimum atomic E-state index is -0.500. The highest BCUT2D eigenvalue weighted by atomic mass is 19.1. The van der Waals surface area contributed by atoms with Gasteiger partial charge in [-0.05, 0) is 36.3 Å². The first-order valence-electron chi connectivity index (χ1n) is 7.97. The number of carbonyl (C=O) groups is 1. The highest BCUT2D eigenvalue weighted by Crippen LogP contribution is 2.09. The Labute approximate surface area is 137 Å². The first-order valence-corrected chi connectivity index (χ1v) is 7.97. The van der Waals surface area contributed by atoms with Crippen LogP contribution in [0, 0.1) is 5.82 Å². The molecule has 1 N–H and O–H groups in total. The van der Waals surface area contributed by atoms with Crippen molar-refractivity contribution in [1.82, 2.24) is 10.2 Å². The summed E-state index contributed by atoms with van der Waals surface area (Å²) < 4.78 is 13.5. The number of nitrogens with one attached hydrogen (secondary N) is 1. The molecule has 122 valence electrons. The Kier molecular flexibility index (Phi) is 6.29. The van der Waals surface area contributed by atoms with Crippen LogP contribution in [0.15, 0.2) is 48.5 Å². The van der Waals surface area contributed by atoms with E-state index in [1.165, 1.54) is 17.7 Å². The molecule has 0 aliphatic heterocycles. The summed E-state index contributed by atoms with van der Waals surface area (Å²) in [5.74, 6) is -0.894. The molecule has 2 aromatic carbocycles. The molecule has 0 radical (unpaired) electrons. The normalized spacial score (nSPS) is 10.8. The zero-order valence-electron chi connectivity index (χ0n) is 13.7. The molecule has 23 heavy (non-hydrogen) atoms. The molecule has 0 bridgehead atoms. The maximum atomic E-state index is 13.5. The highest BCUT2D eigenvalue weighted by molar-refractivity contribution is 5.94. The van der Waals surface area contributed by atoms with E-state index in [-0.39, 0.29) is 5.56 Å². The molecule has 0 heterocycles. The van der Waals surface area contributed by atoms with Crippen molar-refractivity contribution >= 4 is 5.91 Å². The van der Waals surface area contributed by atoms with E-state index < -0.39 is 11.7 Å². The van der Waals surface area contributed by atoms with Crippen LogP contribution in [-0.2, 0) is 13.1 Å². The summed E-state index contributed by atoms with van der Waals surface area (Å²) in [5.41, 5.74) is 2.32. The number of amides is 1. The lowest BCUT2D eigenvalue weighted by molar-refractivity contribution is 0.0947. The van der Waals surface area contributed by atoms with E-state index in [4.69, 9.17) is 0 Å². The second kappa shape index (κ2) is 8.44. The molecule has 0 aliphatic rings. The summed E-state index contributed by atoms with van der Waals surface area (Å²) in [6.07, 6.45) is 0. The molecule has 0 spiro atoms. The molecule has 0 fully saturated rings. The lowest BCUT2D eigenvalue weighted by Crippen LogP contribution is -2.24. The quantitative estimate of drug-likeness (QED) is 0.847. The molecular weight excluding hydrogens is 291 g/mol. The highest BCUT2D eigenvalue weighted by Gasteiger charge is 2.10. The fourth-order valence-electron chi connectivity index (χ4n) is 2.39. The minimum Gasteiger partial charge on any atom is -0.348 e. The zero-order valence-corrected chi connectivity index (χ0v) is 13.7. The van der Waals surface area contributed by atoms with E-state index >= 15 is 0 Å². The average molecular weight is 314 g/mol. The van der Waals surface area contributed by atoms with Crippen LogP contribution in [0.2, 0.25) is 0 Å². The van der Waals surface area contributed by atoms with Crippen molar-refractivity contribution in [2.75, 3.05) is 13.1 Å². The SMILES string of the molecule is CCN(CC)Cc1ccc(CNC(=O)c2ccccc2F)cc1. The van der Waals surface area contributed by atoms with Gasteiger partial charge in [-0.2, -0.15) is 0 Å². The standard InChI is InChI=1S/C19H23FN2O/c1-3-22(4-2)14-16-11-9-15(10-12-16)13-21-19(23)17-7-5-6-8-18(17)20/h5-12H,3-4,13-14H2,1-2H3,(H,21,23). The molecule has 0 unspecified atom stereocenters. The topological polar surface area (TPSA) is 32.3 Å². The van der Waals surface area contributed by atoms with Crippen LogP contribution < -0.4 is 5.32 Å². The largest absolute Gasteiger partial charge is 0.348 e. The van der Waals surface area contributed by atoms with Gasteiger partial charge in [0.25, 0.3) is 5.91 Å². The van der Waals surface area contributed by atoms with Crippen LogP contribution in [0.1, 0.15) is 35.3 Å². The maximum absolute atomic E-state index is 13.5. The predicted molar refractivity (Wildman–Crippen MR) is 90.6 cm³/mol. The van der Waals surface area contributed by atoms with Crippen molar-refractivity contribution in [1.29, 1.82) is 0 Å².